The normalized spacial score (nSPS) is 10.2. The van der Waals surface area contributed by atoms with Crippen LogP contribution in [0.4, 0.5) is 5.95 Å². The summed E-state index contributed by atoms with van der Waals surface area (Å²) in [5, 5.41) is 11.6. The van der Waals surface area contributed by atoms with E-state index >= 15 is 0 Å². The number of pyridine rings is 1. The van der Waals surface area contributed by atoms with Gasteiger partial charge in [-0.05, 0) is 24.3 Å². The molecule has 0 aliphatic carbocycles. The molecule has 8 heteroatoms. The summed E-state index contributed by atoms with van der Waals surface area (Å²) in [5.41, 5.74) is 1.10. The van der Waals surface area contributed by atoms with Gasteiger partial charge < -0.3 is 5.32 Å². The zero-order valence-electron chi connectivity index (χ0n) is 12.6. The summed E-state index contributed by atoms with van der Waals surface area (Å²) in [6.45, 7) is -0.179. The van der Waals surface area contributed by atoms with Gasteiger partial charge in [0.05, 0.1) is 6.54 Å². The number of carbonyl (C=O) groups excluding carboxylic acids is 2. The first-order valence-corrected chi connectivity index (χ1v) is 7.19. The summed E-state index contributed by atoms with van der Waals surface area (Å²) in [5.74, 6) is -0.186. The van der Waals surface area contributed by atoms with E-state index in [9.17, 15) is 9.59 Å². The predicted molar refractivity (Wildman–Crippen MR) is 87.0 cm³/mol. The highest BCUT2D eigenvalue weighted by atomic mass is 16.2. The quantitative estimate of drug-likeness (QED) is 0.654. The molecule has 2 heterocycles. The van der Waals surface area contributed by atoms with Gasteiger partial charge in [0.2, 0.25) is 11.9 Å². The van der Waals surface area contributed by atoms with Crippen molar-refractivity contribution in [2.24, 2.45) is 0 Å². The molecule has 1 aromatic carbocycles. The van der Waals surface area contributed by atoms with Gasteiger partial charge in [0, 0.05) is 11.8 Å². The van der Waals surface area contributed by atoms with Gasteiger partial charge in [-0.1, -0.05) is 24.3 Å². The summed E-state index contributed by atoms with van der Waals surface area (Å²) in [4.78, 5) is 32.0. The van der Waals surface area contributed by atoms with Gasteiger partial charge in [0.15, 0.2) is 5.82 Å². The van der Waals surface area contributed by atoms with Crippen molar-refractivity contribution in [3.05, 3.63) is 60.3 Å². The number of carbonyl (C=O) groups is 2. The molecule has 0 unspecified atom stereocenters. The predicted octanol–water partition coefficient (Wildman–Crippen LogP) is 1.24. The first-order valence-electron chi connectivity index (χ1n) is 7.19. The third kappa shape index (κ3) is 3.80. The van der Waals surface area contributed by atoms with Crippen molar-refractivity contribution in [2.45, 2.75) is 0 Å². The monoisotopic (exact) mass is 322 g/mol. The molecule has 0 saturated carbocycles. The standard InChI is InChI=1S/C16H14N6O2/c23-13(10-18-15(24)11-6-2-1-3-7-11)19-16-20-14(21-22-16)12-8-4-5-9-17-12/h1-9H,10H2,(H,18,24)(H2,19,20,21,22,23). The number of aromatic amines is 1. The van der Waals surface area contributed by atoms with E-state index in [4.69, 9.17) is 0 Å². The molecule has 2 aromatic heterocycles. The number of rotatable bonds is 5. The molecule has 0 atom stereocenters. The third-order valence-corrected chi connectivity index (χ3v) is 3.09. The van der Waals surface area contributed by atoms with E-state index in [1.165, 1.54) is 0 Å². The number of aromatic nitrogens is 4. The van der Waals surface area contributed by atoms with Gasteiger partial charge in [-0.25, -0.2) is 0 Å². The van der Waals surface area contributed by atoms with Crippen LogP contribution >= 0.6 is 0 Å². The number of H-pyrrole nitrogens is 1. The molecule has 3 N–H and O–H groups in total. The summed E-state index contributed by atoms with van der Waals surface area (Å²) in [6.07, 6.45) is 1.63. The Hall–Kier alpha value is -3.55. The minimum atomic E-state index is -0.425. The lowest BCUT2D eigenvalue weighted by molar-refractivity contribution is -0.115. The van der Waals surface area contributed by atoms with Gasteiger partial charge in [-0.3, -0.25) is 25.0 Å². The van der Waals surface area contributed by atoms with Crippen LogP contribution in [0.1, 0.15) is 10.4 Å². The smallest absolute Gasteiger partial charge is 0.251 e. The molecule has 0 fully saturated rings. The van der Waals surface area contributed by atoms with E-state index < -0.39 is 5.91 Å². The fourth-order valence-electron chi connectivity index (χ4n) is 1.96. The van der Waals surface area contributed by atoms with Crippen LogP contribution in [0.2, 0.25) is 0 Å². The molecule has 0 radical (unpaired) electrons. The molecule has 0 aliphatic rings. The average molecular weight is 322 g/mol. The summed E-state index contributed by atoms with van der Waals surface area (Å²) < 4.78 is 0. The van der Waals surface area contributed by atoms with Crippen LogP contribution in [0.25, 0.3) is 11.5 Å². The lowest BCUT2D eigenvalue weighted by Crippen LogP contribution is -2.33. The first kappa shape index (κ1) is 15.3. The zero-order valence-corrected chi connectivity index (χ0v) is 12.6. The van der Waals surface area contributed by atoms with E-state index in [2.05, 4.69) is 30.8 Å². The Kier molecular flexibility index (Phi) is 4.57. The second kappa shape index (κ2) is 7.14. The van der Waals surface area contributed by atoms with Crippen molar-refractivity contribution < 1.29 is 9.59 Å². The van der Waals surface area contributed by atoms with E-state index in [-0.39, 0.29) is 18.4 Å². The van der Waals surface area contributed by atoms with Crippen LogP contribution in [-0.2, 0) is 4.79 Å². The van der Waals surface area contributed by atoms with E-state index in [0.29, 0.717) is 17.1 Å². The highest BCUT2D eigenvalue weighted by Crippen LogP contribution is 2.11. The number of anilines is 1. The molecular weight excluding hydrogens is 308 g/mol. The van der Waals surface area contributed by atoms with Crippen LogP contribution in [0.5, 0.6) is 0 Å². The zero-order chi connectivity index (χ0) is 16.8. The molecule has 0 aliphatic heterocycles. The number of amides is 2. The van der Waals surface area contributed by atoms with Gasteiger partial charge in [0.25, 0.3) is 5.91 Å². The van der Waals surface area contributed by atoms with Crippen molar-refractivity contribution in [1.29, 1.82) is 0 Å². The van der Waals surface area contributed by atoms with Crippen LogP contribution in [-0.4, -0.2) is 38.5 Å². The van der Waals surface area contributed by atoms with Crippen molar-refractivity contribution >= 4 is 17.8 Å². The number of benzene rings is 1. The van der Waals surface area contributed by atoms with Crippen molar-refractivity contribution in [2.75, 3.05) is 11.9 Å². The number of hydrogen-bond acceptors (Lipinski definition) is 5. The summed E-state index contributed by atoms with van der Waals surface area (Å²) in [7, 11) is 0. The van der Waals surface area contributed by atoms with Crippen LogP contribution in [0.3, 0.4) is 0 Å². The Morgan fingerprint density at radius 1 is 1.04 bits per heavy atom. The van der Waals surface area contributed by atoms with Gasteiger partial charge in [-0.2, -0.15) is 4.98 Å². The maximum atomic E-state index is 11.9. The number of hydrogen-bond donors (Lipinski definition) is 3. The second-order valence-corrected chi connectivity index (χ2v) is 4.82. The lowest BCUT2D eigenvalue weighted by Gasteiger charge is -2.04. The number of nitrogens with zero attached hydrogens (tertiary/aromatic N) is 3. The van der Waals surface area contributed by atoms with Crippen LogP contribution in [0, 0.1) is 0 Å². The molecule has 0 spiro atoms. The molecule has 120 valence electrons. The second-order valence-electron chi connectivity index (χ2n) is 4.82. The first-order chi connectivity index (χ1) is 11.7. The van der Waals surface area contributed by atoms with Crippen LogP contribution < -0.4 is 10.6 Å². The Labute approximate surface area is 137 Å². The Bertz CT molecular complexity index is 832. The molecule has 0 saturated heterocycles. The largest absolute Gasteiger partial charge is 0.343 e. The van der Waals surface area contributed by atoms with Crippen molar-refractivity contribution in [1.82, 2.24) is 25.5 Å². The average Bonchev–Trinajstić information content (AvgIpc) is 3.09. The highest BCUT2D eigenvalue weighted by Gasteiger charge is 2.11. The molecule has 24 heavy (non-hydrogen) atoms. The van der Waals surface area contributed by atoms with Gasteiger partial charge in [0.1, 0.15) is 5.69 Å². The van der Waals surface area contributed by atoms with E-state index in [1.54, 1.807) is 42.6 Å². The Morgan fingerprint density at radius 3 is 2.58 bits per heavy atom. The van der Waals surface area contributed by atoms with Crippen molar-refractivity contribution in [3.8, 4) is 11.5 Å². The lowest BCUT2D eigenvalue weighted by atomic mass is 10.2. The van der Waals surface area contributed by atoms with E-state index in [0.717, 1.165) is 0 Å². The molecule has 8 nitrogen and oxygen atoms in total. The Balaban J connectivity index is 1.54. The molecule has 3 aromatic rings. The van der Waals surface area contributed by atoms with Gasteiger partial charge >= 0.3 is 0 Å². The molecule has 2 amide bonds. The van der Waals surface area contributed by atoms with Crippen LogP contribution in [0.15, 0.2) is 54.7 Å². The number of nitrogens with one attached hydrogen (secondary N) is 3. The Morgan fingerprint density at radius 2 is 1.83 bits per heavy atom. The fourth-order valence-corrected chi connectivity index (χ4v) is 1.96. The highest BCUT2D eigenvalue weighted by molar-refractivity contribution is 5.98. The molecule has 0 bridgehead atoms. The summed E-state index contributed by atoms with van der Waals surface area (Å²) >= 11 is 0. The fraction of sp³-hybridized carbons (Fsp3) is 0.0625. The van der Waals surface area contributed by atoms with Crippen molar-refractivity contribution in [3.63, 3.8) is 0 Å². The topological polar surface area (TPSA) is 113 Å². The SMILES string of the molecule is O=C(CNC(=O)c1ccccc1)Nc1n[nH]c(-c2ccccn2)n1. The van der Waals surface area contributed by atoms with Gasteiger partial charge in [-0.15, -0.1) is 5.10 Å². The summed E-state index contributed by atoms with van der Waals surface area (Å²) in [6, 6.07) is 14.0. The minimum absolute atomic E-state index is 0.120. The van der Waals surface area contributed by atoms with E-state index in [1.807, 2.05) is 12.1 Å². The molecule has 3 rings (SSSR count). The minimum Gasteiger partial charge on any atom is -0.343 e. The maximum absolute atomic E-state index is 11.9. The maximum Gasteiger partial charge on any atom is 0.251 e. The third-order valence-electron chi connectivity index (χ3n) is 3.09. The molecular formula is C16H14N6O2.